The molecule has 0 aliphatic rings. The van der Waals surface area contributed by atoms with Crippen molar-refractivity contribution in [3.63, 3.8) is 0 Å². The number of pyridine rings is 1. The molecule has 0 aliphatic carbocycles. The number of carbonyl (C=O) groups excluding carboxylic acids is 1. The number of nitrogens with one attached hydrogen (secondary N) is 1. The Labute approximate surface area is 122 Å². The lowest BCUT2D eigenvalue weighted by Crippen LogP contribution is -2.05. The maximum atomic E-state index is 11.8. The third-order valence-corrected chi connectivity index (χ3v) is 3.20. The zero-order chi connectivity index (χ0) is 14.7. The number of methoxy groups -OCH3 is 1. The lowest BCUT2D eigenvalue weighted by Gasteiger charge is -2.11. The van der Waals surface area contributed by atoms with Gasteiger partial charge in [0, 0.05) is 5.39 Å². The van der Waals surface area contributed by atoms with Crippen molar-refractivity contribution >= 4 is 28.2 Å². The van der Waals surface area contributed by atoms with Gasteiger partial charge in [0.2, 0.25) is 0 Å². The highest BCUT2D eigenvalue weighted by Gasteiger charge is 2.11. The number of esters is 1. The average Bonchev–Trinajstić information content (AvgIpc) is 2.54. The van der Waals surface area contributed by atoms with Gasteiger partial charge in [-0.15, -0.1) is 0 Å². The number of ether oxygens (including phenoxy) is 1. The first-order valence-corrected chi connectivity index (χ1v) is 6.57. The molecule has 3 rings (SSSR count). The standard InChI is InChI=1S/C17H14N2O2/c1-21-17(20)14-7-3-5-9-16(14)19-13-10-12-6-2-4-8-15(12)18-11-13/h2-11,19H,1H3. The zero-order valence-electron chi connectivity index (χ0n) is 11.5. The Morgan fingerprint density at radius 2 is 1.86 bits per heavy atom. The minimum absolute atomic E-state index is 0.369. The van der Waals surface area contributed by atoms with Gasteiger partial charge in [0.1, 0.15) is 0 Å². The molecule has 0 unspecified atom stereocenters. The Bertz CT molecular complexity index is 799. The highest BCUT2D eigenvalue weighted by Crippen LogP contribution is 2.23. The highest BCUT2D eigenvalue weighted by atomic mass is 16.5. The van der Waals surface area contributed by atoms with Gasteiger partial charge in [-0.2, -0.15) is 0 Å². The number of carbonyl (C=O) groups is 1. The molecule has 0 radical (unpaired) electrons. The van der Waals surface area contributed by atoms with Gasteiger partial charge in [-0.1, -0.05) is 30.3 Å². The summed E-state index contributed by atoms with van der Waals surface area (Å²) >= 11 is 0. The molecule has 1 aromatic heterocycles. The van der Waals surface area contributed by atoms with Crippen LogP contribution in [0.2, 0.25) is 0 Å². The van der Waals surface area contributed by atoms with E-state index in [1.807, 2.05) is 42.5 Å². The Morgan fingerprint density at radius 3 is 2.71 bits per heavy atom. The molecule has 0 bridgehead atoms. The van der Waals surface area contributed by atoms with Crippen molar-refractivity contribution in [3.05, 3.63) is 66.4 Å². The van der Waals surface area contributed by atoms with E-state index >= 15 is 0 Å². The molecule has 21 heavy (non-hydrogen) atoms. The van der Waals surface area contributed by atoms with E-state index in [2.05, 4.69) is 10.3 Å². The van der Waals surface area contributed by atoms with Gasteiger partial charge in [0.05, 0.1) is 35.8 Å². The third-order valence-electron chi connectivity index (χ3n) is 3.20. The number of hydrogen-bond acceptors (Lipinski definition) is 4. The molecule has 0 aliphatic heterocycles. The molecule has 0 fully saturated rings. The number of rotatable bonds is 3. The summed E-state index contributed by atoms with van der Waals surface area (Å²) in [5.74, 6) is -0.369. The second-order valence-corrected chi connectivity index (χ2v) is 4.58. The van der Waals surface area contributed by atoms with Crippen LogP contribution in [0.3, 0.4) is 0 Å². The first kappa shape index (κ1) is 13.1. The van der Waals surface area contributed by atoms with Gasteiger partial charge in [0.25, 0.3) is 0 Å². The first-order chi connectivity index (χ1) is 10.3. The predicted molar refractivity (Wildman–Crippen MR) is 82.8 cm³/mol. The quantitative estimate of drug-likeness (QED) is 0.741. The molecule has 1 N–H and O–H groups in total. The summed E-state index contributed by atoms with van der Waals surface area (Å²) in [5, 5.41) is 4.26. The van der Waals surface area contributed by atoms with Crippen LogP contribution >= 0.6 is 0 Å². The largest absolute Gasteiger partial charge is 0.465 e. The number of nitrogens with zero attached hydrogens (tertiary/aromatic N) is 1. The zero-order valence-corrected chi connectivity index (χ0v) is 11.5. The fourth-order valence-electron chi connectivity index (χ4n) is 2.17. The molecule has 0 amide bonds. The van der Waals surface area contributed by atoms with E-state index in [1.54, 1.807) is 18.3 Å². The van der Waals surface area contributed by atoms with Gasteiger partial charge < -0.3 is 10.1 Å². The molecule has 1 heterocycles. The molecule has 3 aromatic rings. The molecule has 2 aromatic carbocycles. The number of para-hydroxylation sites is 2. The van der Waals surface area contributed by atoms with Crippen LogP contribution in [0, 0.1) is 0 Å². The van der Waals surface area contributed by atoms with E-state index < -0.39 is 0 Å². The molecular formula is C17H14N2O2. The first-order valence-electron chi connectivity index (χ1n) is 6.57. The average molecular weight is 278 g/mol. The second-order valence-electron chi connectivity index (χ2n) is 4.58. The minimum Gasteiger partial charge on any atom is -0.465 e. The number of fused-ring (bicyclic) bond motifs is 1. The van der Waals surface area contributed by atoms with E-state index in [0.29, 0.717) is 11.3 Å². The SMILES string of the molecule is COC(=O)c1ccccc1Nc1cnc2ccccc2c1. The summed E-state index contributed by atoms with van der Waals surface area (Å²) in [5.41, 5.74) is 2.95. The fraction of sp³-hybridized carbons (Fsp3) is 0.0588. The number of anilines is 2. The summed E-state index contributed by atoms with van der Waals surface area (Å²) in [4.78, 5) is 16.2. The minimum atomic E-state index is -0.369. The van der Waals surface area contributed by atoms with Crippen LogP contribution in [0.4, 0.5) is 11.4 Å². The van der Waals surface area contributed by atoms with Crippen molar-refractivity contribution in [3.8, 4) is 0 Å². The molecule has 104 valence electrons. The maximum Gasteiger partial charge on any atom is 0.339 e. The van der Waals surface area contributed by atoms with E-state index in [9.17, 15) is 4.79 Å². The summed E-state index contributed by atoms with van der Waals surface area (Å²) < 4.78 is 4.79. The van der Waals surface area contributed by atoms with Gasteiger partial charge >= 0.3 is 5.97 Å². The Hall–Kier alpha value is -2.88. The summed E-state index contributed by atoms with van der Waals surface area (Å²) in [6, 6.07) is 17.1. The topological polar surface area (TPSA) is 51.2 Å². The number of benzene rings is 2. The molecule has 0 saturated heterocycles. The van der Waals surface area contributed by atoms with Crippen molar-refractivity contribution < 1.29 is 9.53 Å². The molecule has 4 heteroatoms. The molecular weight excluding hydrogens is 264 g/mol. The normalized spacial score (nSPS) is 10.3. The maximum absolute atomic E-state index is 11.8. The summed E-state index contributed by atoms with van der Waals surface area (Å²) in [6.07, 6.45) is 1.75. The monoisotopic (exact) mass is 278 g/mol. The smallest absolute Gasteiger partial charge is 0.339 e. The van der Waals surface area contributed by atoms with E-state index in [4.69, 9.17) is 4.74 Å². The van der Waals surface area contributed by atoms with Gasteiger partial charge in [0.15, 0.2) is 0 Å². The fourth-order valence-corrected chi connectivity index (χ4v) is 2.17. The van der Waals surface area contributed by atoms with E-state index in [-0.39, 0.29) is 5.97 Å². The Balaban J connectivity index is 1.97. The number of aromatic nitrogens is 1. The van der Waals surface area contributed by atoms with Gasteiger partial charge in [-0.25, -0.2) is 4.79 Å². The Morgan fingerprint density at radius 1 is 1.10 bits per heavy atom. The van der Waals surface area contributed by atoms with Crippen molar-refractivity contribution in [2.45, 2.75) is 0 Å². The highest BCUT2D eigenvalue weighted by molar-refractivity contribution is 5.96. The lowest BCUT2D eigenvalue weighted by atomic mass is 10.1. The lowest BCUT2D eigenvalue weighted by molar-refractivity contribution is 0.0602. The van der Waals surface area contributed by atoms with Crippen LogP contribution in [-0.2, 0) is 4.74 Å². The van der Waals surface area contributed by atoms with Crippen molar-refractivity contribution in [1.29, 1.82) is 0 Å². The van der Waals surface area contributed by atoms with Crippen LogP contribution < -0.4 is 5.32 Å². The van der Waals surface area contributed by atoms with E-state index in [0.717, 1.165) is 16.6 Å². The van der Waals surface area contributed by atoms with Gasteiger partial charge in [-0.3, -0.25) is 4.98 Å². The predicted octanol–water partition coefficient (Wildman–Crippen LogP) is 3.77. The summed E-state index contributed by atoms with van der Waals surface area (Å²) in [7, 11) is 1.37. The van der Waals surface area contributed by atoms with Crippen LogP contribution in [0.1, 0.15) is 10.4 Å². The van der Waals surface area contributed by atoms with Gasteiger partial charge in [-0.05, 0) is 24.3 Å². The molecule has 0 spiro atoms. The van der Waals surface area contributed by atoms with Crippen molar-refractivity contribution in [2.75, 3.05) is 12.4 Å². The summed E-state index contributed by atoms with van der Waals surface area (Å²) in [6.45, 7) is 0. The molecule has 0 saturated carbocycles. The molecule has 0 atom stereocenters. The Kier molecular flexibility index (Phi) is 3.51. The third kappa shape index (κ3) is 2.69. The van der Waals surface area contributed by atoms with Crippen LogP contribution in [0.5, 0.6) is 0 Å². The van der Waals surface area contributed by atoms with Crippen molar-refractivity contribution in [1.82, 2.24) is 4.98 Å². The van der Waals surface area contributed by atoms with Crippen LogP contribution in [0.25, 0.3) is 10.9 Å². The van der Waals surface area contributed by atoms with Crippen molar-refractivity contribution in [2.24, 2.45) is 0 Å². The van der Waals surface area contributed by atoms with Crippen LogP contribution in [0.15, 0.2) is 60.8 Å². The number of hydrogen-bond donors (Lipinski definition) is 1. The van der Waals surface area contributed by atoms with Crippen LogP contribution in [-0.4, -0.2) is 18.1 Å². The second kappa shape index (κ2) is 5.63. The van der Waals surface area contributed by atoms with E-state index in [1.165, 1.54) is 7.11 Å². The molecule has 4 nitrogen and oxygen atoms in total.